The summed E-state index contributed by atoms with van der Waals surface area (Å²) in [6.45, 7) is 1.34. The summed E-state index contributed by atoms with van der Waals surface area (Å²) in [5.41, 5.74) is 0.828. The molecule has 0 saturated heterocycles. The van der Waals surface area contributed by atoms with Gasteiger partial charge in [-0.3, -0.25) is 0 Å². The molecule has 1 heterocycles. The number of halogens is 4. The van der Waals surface area contributed by atoms with E-state index in [4.69, 9.17) is 11.6 Å². The molecule has 18 heavy (non-hydrogen) atoms. The van der Waals surface area contributed by atoms with E-state index in [1.54, 1.807) is 20.0 Å². The summed E-state index contributed by atoms with van der Waals surface area (Å²) in [4.78, 5) is 5.11. The molecule has 1 aromatic heterocycles. The van der Waals surface area contributed by atoms with Gasteiger partial charge in [0.1, 0.15) is 12.4 Å². The van der Waals surface area contributed by atoms with Crippen LogP contribution in [-0.4, -0.2) is 31.3 Å². The second-order valence-electron chi connectivity index (χ2n) is 3.81. The molecule has 102 valence electrons. The van der Waals surface area contributed by atoms with Gasteiger partial charge in [-0.15, -0.1) is 0 Å². The highest BCUT2D eigenvalue weighted by molar-refractivity contribution is 6.33. The van der Waals surface area contributed by atoms with Gasteiger partial charge in [0.25, 0.3) is 0 Å². The van der Waals surface area contributed by atoms with Crippen LogP contribution in [0.1, 0.15) is 12.5 Å². The van der Waals surface area contributed by atoms with Crippen LogP contribution in [0.15, 0.2) is 12.3 Å². The van der Waals surface area contributed by atoms with Crippen LogP contribution >= 0.6 is 11.6 Å². The van der Waals surface area contributed by atoms with E-state index in [-0.39, 0.29) is 17.4 Å². The van der Waals surface area contributed by atoms with Gasteiger partial charge < -0.3 is 10.2 Å². The second kappa shape index (κ2) is 6.24. The number of hydrogen-bond donors (Lipinski definition) is 1. The highest BCUT2D eigenvalue weighted by Gasteiger charge is 2.31. The lowest BCUT2D eigenvalue weighted by Crippen LogP contribution is -2.34. The third kappa shape index (κ3) is 4.34. The van der Waals surface area contributed by atoms with Gasteiger partial charge in [0.2, 0.25) is 0 Å². The molecule has 0 unspecified atom stereocenters. The maximum Gasteiger partial charge on any atom is 0.405 e. The Morgan fingerprint density at radius 3 is 2.56 bits per heavy atom. The first-order valence-electron chi connectivity index (χ1n) is 5.48. The van der Waals surface area contributed by atoms with Crippen LogP contribution in [0, 0.1) is 0 Å². The van der Waals surface area contributed by atoms with Gasteiger partial charge >= 0.3 is 6.18 Å². The minimum atomic E-state index is -4.27. The van der Waals surface area contributed by atoms with Gasteiger partial charge in [0, 0.05) is 19.3 Å². The van der Waals surface area contributed by atoms with Crippen molar-refractivity contribution in [2.75, 3.05) is 25.0 Å². The fraction of sp³-hybridized carbons (Fsp3) is 0.545. The predicted octanol–water partition coefficient (Wildman–Crippen LogP) is 2.84. The molecule has 0 spiro atoms. The molecule has 1 rings (SSSR count). The third-order valence-electron chi connectivity index (χ3n) is 2.31. The quantitative estimate of drug-likeness (QED) is 0.899. The van der Waals surface area contributed by atoms with Crippen molar-refractivity contribution in [2.45, 2.75) is 19.6 Å². The summed E-state index contributed by atoms with van der Waals surface area (Å²) in [7, 11) is 1.77. The van der Waals surface area contributed by atoms with E-state index in [9.17, 15) is 13.2 Å². The van der Waals surface area contributed by atoms with Crippen molar-refractivity contribution in [2.24, 2.45) is 0 Å². The molecular formula is C11H15ClF3N3. The van der Waals surface area contributed by atoms with Crippen molar-refractivity contribution >= 4 is 17.4 Å². The maximum absolute atomic E-state index is 12.4. The largest absolute Gasteiger partial charge is 0.405 e. The molecule has 1 N–H and O–H groups in total. The van der Waals surface area contributed by atoms with Gasteiger partial charge in [0.15, 0.2) is 0 Å². The summed E-state index contributed by atoms with van der Waals surface area (Å²) in [5.74, 6) is 0.163. The van der Waals surface area contributed by atoms with Crippen LogP contribution in [0.3, 0.4) is 0 Å². The lowest BCUT2D eigenvalue weighted by molar-refractivity contribution is -0.119. The molecule has 0 aromatic carbocycles. The van der Waals surface area contributed by atoms with Crippen LogP contribution in [0.2, 0.25) is 5.02 Å². The highest BCUT2D eigenvalue weighted by atomic mass is 35.5. The number of alkyl halides is 3. The first-order chi connectivity index (χ1) is 8.37. The van der Waals surface area contributed by atoms with Gasteiger partial charge in [-0.2, -0.15) is 13.2 Å². The molecule has 1 aromatic rings. The van der Waals surface area contributed by atoms with E-state index in [1.807, 2.05) is 0 Å². The summed E-state index contributed by atoms with van der Waals surface area (Å²) < 4.78 is 37.2. The predicted molar refractivity (Wildman–Crippen MR) is 66.0 cm³/mol. The first-order valence-corrected chi connectivity index (χ1v) is 5.86. The van der Waals surface area contributed by atoms with Crippen LogP contribution in [0.4, 0.5) is 19.0 Å². The molecule has 0 aliphatic carbocycles. The Morgan fingerprint density at radius 2 is 2.11 bits per heavy atom. The number of hydrogen-bond acceptors (Lipinski definition) is 3. The summed E-state index contributed by atoms with van der Waals surface area (Å²) >= 11 is 5.97. The Labute approximate surface area is 109 Å². The Hall–Kier alpha value is -1.01. The molecule has 0 radical (unpaired) electrons. The molecule has 0 aliphatic heterocycles. The highest BCUT2D eigenvalue weighted by Crippen LogP contribution is 2.27. The monoisotopic (exact) mass is 281 g/mol. The van der Waals surface area contributed by atoms with Crippen LogP contribution < -0.4 is 10.2 Å². The summed E-state index contributed by atoms with van der Waals surface area (Å²) in [6.07, 6.45) is -2.75. The molecule has 0 aliphatic rings. The molecular weight excluding hydrogens is 267 g/mol. The van der Waals surface area contributed by atoms with E-state index in [0.717, 1.165) is 10.5 Å². The molecule has 3 nitrogen and oxygen atoms in total. The normalized spacial score (nSPS) is 11.7. The molecule has 0 saturated carbocycles. The van der Waals surface area contributed by atoms with Crippen molar-refractivity contribution in [3.63, 3.8) is 0 Å². The van der Waals surface area contributed by atoms with Crippen LogP contribution in [0.25, 0.3) is 0 Å². The van der Waals surface area contributed by atoms with E-state index < -0.39 is 12.7 Å². The number of anilines is 1. The third-order valence-corrected chi connectivity index (χ3v) is 2.59. The van der Waals surface area contributed by atoms with Crippen LogP contribution in [0.5, 0.6) is 0 Å². The first kappa shape index (κ1) is 15.0. The minimum Gasteiger partial charge on any atom is -0.347 e. The Bertz CT molecular complexity index is 396. The average Bonchev–Trinajstić information content (AvgIpc) is 2.26. The number of nitrogens with zero attached hydrogens (tertiary/aromatic N) is 2. The fourth-order valence-electron chi connectivity index (χ4n) is 1.56. The molecule has 0 bridgehead atoms. The average molecular weight is 282 g/mol. The maximum atomic E-state index is 12.4. The summed E-state index contributed by atoms with van der Waals surface area (Å²) in [6, 6.07) is 1.62. The van der Waals surface area contributed by atoms with E-state index >= 15 is 0 Å². The van der Waals surface area contributed by atoms with E-state index in [1.165, 1.54) is 6.20 Å². The number of pyridine rings is 1. The van der Waals surface area contributed by atoms with Crippen molar-refractivity contribution in [1.82, 2.24) is 10.3 Å². The van der Waals surface area contributed by atoms with Gasteiger partial charge in [-0.05, 0) is 25.6 Å². The van der Waals surface area contributed by atoms with Crippen molar-refractivity contribution in [3.05, 3.63) is 22.8 Å². The zero-order chi connectivity index (χ0) is 13.8. The molecule has 0 fully saturated rings. The van der Waals surface area contributed by atoms with Gasteiger partial charge in [-0.25, -0.2) is 4.98 Å². The van der Waals surface area contributed by atoms with Crippen LogP contribution in [-0.2, 0) is 6.54 Å². The number of rotatable bonds is 5. The van der Waals surface area contributed by atoms with Crippen molar-refractivity contribution in [3.8, 4) is 0 Å². The Kier molecular flexibility index (Phi) is 5.22. The fourth-order valence-corrected chi connectivity index (χ4v) is 1.87. The topological polar surface area (TPSA) is 28.2 Å². The number of aromatic nitrogens is 1. The zero-order valence-electron chi connectivity index (χ0n) is 10.2. The van der Waals surface area contributed by atoms with Crippen molar-refractivity contribution < 1.29 is 13.2 Å². The van der Waals surface area contributed by atoms with Gasteiger partial charge in [-0.1, -0.05) is 11.6 Å². The standard InChI is InChI=1S/C11H15ClF3N3/c1-3-18(7-11(13,14)15)10-9(12)4-8(5-16-2)6-17-10/h4,6,16H,3,5,7H2,1-2H3. The van der Waals surface area contributed by atoms with E-state index in [2.05, 4.69) is 10.3 Å². The Morgan fingerprint density at radius 1 is 1.44 bits per heavy atom. The lowest BCUT2D eigenvalue weighted by Gasteiger charge is -2.24. The number of nitrogens with one attached hydrogen (secondary N) is 1. The van der Waals surface area contributed by atoms with Gasteiger partial charge in [0.05, 0.1) is 5.02 Å². The zero-order valence-corrected chi connectivity index (χ0v) is 10.9. The molecule has 0 atom stereocenters. The van der Waals surface area contributed by atoms with E-state index in [0.29, 0.717) is 6.54 Å². The molecule has 0 amide bonds. The summed E-state index contributed by atoms with van der Waals surface area (Å²) in [5, 5.41) is 3.15. The lowest BCUT2D eigenvalue weighted by atomic mass is 10.2. The Balaban J connectivity index is 2.93. The van der Waals surface area contributed by atoms with Crippen molar-refractivity contribution in [1.29, 1.82) is 0 Å². The SMILES string of the molecule is CCN(CC(F)(F)F)c1ncc(CNC)cc1Cl. The molecule has 7 heteroatoms. The second-order valence-corrected chi connectivity index (χ2v) is 4.22. The smallest absolute Gasteiger partial charge is 0.347 e. The minimum absolute atomic E-state index is 0.163.